The smallest absolute Gasteiger partial charge is 0.278 e. The summed E-state index contributed by atoms with van der Waals surface area (Å²) in [7, 11) is 0. The predicted molar refractivity (Wildman–Crippen MR) is 121 cm³/mol. The zero-order valence-electron chi connectivity index (χ0n) is 15.3. The lowest BCUT2D eigenvalue weighted by molar-refractivity contribution is 0.701. The number of thiazole rings is 1. The summed E-state index contributed by atoms with van der Waals surface area (Å²) in [6.45, 7) is 0.646. The predicted octanol–water partition coefficient (Wildman–Crippen LogP) is 4.84. The molecule has 0 radical (unpaired) electrons. The molecule has 4 aromatic rings. The largest absolute Gasteiger partial charge is 0.307 e. The van der Waals surface area contributed by atoms with Crippen LogP contribution in [-0.4, -0.2) is 19.9 Å². The number of aryl methyl sites for hydroxylation is 2. The minimum absolute atomic E-state index is 0.156. The molecule has 0 unspecified atom stereocenters. The minimum atomic E-state index is -0.156. The fourth-order valence-corrected chi connectivity index (χ4v) is 5.04. The van der Waals surface area contributed by atoms with Crippen LogP contribution in [0.2, 0.25) is 0 Å². The van der Waals surface area contributed by atoms with Gasteiger partial charge in [0.05, 0.1) is 17.5 Å². The molecule has 8 heteroatoms. The van der Waals surface area contributed by atoms with E-state index in [1.54, 1.807) is 4.57 Å². The van der Waals surface area contributed by atoms with E-state index in [0.717, 1.165) is 12.1 Å². The van der Waals surface area contributed by atoms with Crippen LogP contribution in [0.5, 0.6) is 0 Å². The molecule has 0 aliphatic heterocycles. The molecule has 0 atom stereocenters. The van der Waals surface area contributed by atoms with Gasteiger partial charge in [-0.1, -0.05) is 71.6 Å². The van der Waals surface area contributed by atoms with Gasteiger partial charge in [0.25, 0.3) is 5.56 Å². The molecular formula is C21H16N4OS3. The lowest BCUT2D eigenvalue weighted by Gasteiger charge is -2.12. The molecule has 0 saturated heterocycles. The van der Waals surface area contributed by atoms with Crippen LogP contribution in [0.3, 0.4) is 0 Å². The molecule has 2 heterocycles. The average Bonchev–Trinajstić information content (AvgIpc) is 3.07. The Balaban J connectivity index is 1.85. The van der Waals surface area contributed by atoms with Crippen molar-refractivity contribution in [3.8, 4) is 11.8 Å². The minimum Gasteiger partial charge on any atom is -0.307 e. The summed E-state index contributed by atoms with van der Waals surface area (Å²) in [4.78, 5) is 18.1. The molecule has 5 nitrogen and oxygen atoms in total. The molecule has 29 heavy (non-hydrogen) atoms. The maximum atomic E-state index is 13.3. The van der Waals surface area contributed by atoms with Crippen LogP contribution in [0.4, 0.5) is 0 Å². The molecule has 0 bridgehead atoms. The fraction of sp³-hybridized carbons (Fsp3) is 0.143. The van der Waals surface area contributed by atoms with Gasteiger partial charge in [-0.2, -0.15) is 5.26 Å². The van der Waals surface area contributed by atoms with Crippen LogP contribution in [-0.2, 0) is 13.0 Å². The molecule has 4 rings (SSSR count). The van der Waals surface area contributed by atoms with Gasteiger partial charge >= 0.3 is 0 Å². The first kappa shape index (κ1) is 19.6. The second-order valence-corrected chi connectivity index (χ2v) is 8.81. The highest BCUT2D eigenvalue weighted by Crippen LogP contribution is 2.25. The van der Waals surface area contributed by atoms with Crippen molar-refractivity contribution >= 4 is 45.7 Å². The van der Waals surface area contributed by atoms with Gasteiger partial charge in [-0.05, 0) is 36.3 Å². The summed E-state index contributed by atoms with van der Waals surface area (Å²) >= 11 is 8.09. The van der Waals surface area contributed by atoms with Crippen LogP contribution in [0.15, 0.2) is 70.6 Å². The van der Waals surface area contributed by atoms with E-state index in [0.29, 0.717) is 26.0 Å². The monoisotopic (exact) mass is 436 g/mol. The number of nitriles is 1. The van der Waals surface area contributed by atoms with Crippen LogP contribution < -0.4 is 5.56 Å². The summed E-state index contributed by atoms with van der Waals surface area (Å²) in [5, 5.41) is 9.53. The highest BCUT2D eigenvalue weighted by Gasteiger charge is 2.18. The van der Waals surface area contributed by atoms with Gasteiger partial charge in [0.2, 0.25) is 0 Å². The summed E-state index contributed by atoms with van der Waals surface area (Å²) in [6.07, 6.45) is 0.797. The fourth-order valence-electron chi connectivity index (χ4n) is 3.06. The van der Waals surface area contributed by atoms with Gasteiger partial charge in [0.15, 0.2) is 14.8 Å². The van der Waals surface area contributed by atoms with E-state index in [9.17, 15) is 4.79 Å². The summed E-state index contributed by atoms with van der Waals surface area (Å²) in [5.74, 6) is 0.208. The first-order valence-corrected chi connectivity index (χ1v) is 11.2. The molecule has 144 valence electrons. The molecular weight excluding hydrogens is 420 g/mol. The van der Waals surface area contributed by atoms with Crippen molar-refractivity contribution in [1.82, 2.24) is 14.1 Å². The van der Waals surface area contributed by atoms with Crippen molar-refractivity contribution < 1.29 is 0 Å². The normalized spacial score (nSPS) is 10.9. The molecule has 0 spiro atoms. The molecule has 0 N–H and O–H groups in total. The number of nitrogens with zero attached hydrogens (tertiary/aromatic N) is 4. The zero-order valence-corrected chi connectivity index (χ0v) is 17.8. The molecule has 0 saturated carbocycles. The number of benzene rings is 2. The van der Waals surface area contributed by atoms with Crippen LogP contribution in [0.25, 0.3) is 16.0 Å². The van der Waals surface area contributed by atoms with Crippen LogP contribution in [0, 0.1) is 15.3 Å². The Kier molecular flexibility index (Phi) is 5.90. The first-order chi connectivity index (χ1) is 14.2. The number of para-hydroxylation sites is 1. The summed E-state index contributed by atoms with van der Waals surface area (Å²) < 4.78 is 4.66. The Morgan fingerprint density at radius 1 is 1.10 bits per heavy atom. The molecule has 2 aromatic carbocycles. The van der Waals surface area contributed by atoms with Gasteiger partial charge in [0.1, 0.15) is 4.70 Å². The third kappa shape index (κ3) is 4.03. The number of rotatable bonds is 6. The number of thioether (sulfide) groups is 1. The van der Waals surface area contributed by atoms with Gasteiger partial charge in [-0.15, -0.1) is 0 Å². The van der Waals surface area contributed by atoms with E-state index in [2.05, 4.69) is 18.2 Å². The van der Waals surface area contributed by atoms with E-state index in [1.807, 2.05) is 53.1 Å². The Bertz CT molecular complexity index is 1300. The highest BCUT2D eigenvalue weighted by atomic mass is 32.2. The van der Waals surface area contributed by atoms with E-state index >= 15 is 0 Å². The Hall–Kier alpha value is -2.73. The lowest BCUT2D eigenvalue weighted by atomic mass is 10.1. The van der Waals surface area contributed by atoms with Crippen molar-refractivity contribution in [2.75, 3.05) is 5.75 Å². The number of aromatic nitrogens is 3. The SMILES string of the molecule is N#CCSc1nc2c(sc(=S)n2CCc2ccccc2)c(=O)n1-c1ccccc1. The standard InChI is InChI=1S/C21H16N4OS3/c22-12-14-28-20-23-18-17(19(26)25(20)16-9-5-2-6-10-16)29-21(27)24(18)13-11-15-7-3-1-4-8-15/h1-10H,11,13-14H2. The maximum Gasteiger partial charge on any atom is 0.278 e. The molecule has 2 aromatic heterocycles. The lowest BCUT2D eigenvalue weighted by Crippen LogP contribution is -2.21. The highest BCUT2D eigenvalue weighted by molar-refractivity contribution is 7.99. The third-order valence-corrected chi connectivity index (χ3v) is 6.64. The molecule has 0 aliphatic carbocycles. The average molecular weight is 437 g/mol. The molecule has 0 amide bonds. The van der Waals surface area contributed by atoms with Gasteiger partial charge in [-0.25, -0.2) is 4.98 Å². The Morgan fingerprint density at radius 2 is 1.79 bits per heavy atom. The van der Waals surface area contributed by atoms with E-state index < -0.39 is 0 Å². The van der Waals surface area contributed by atoms with Gasteiger partial charge < -0.3 is 4.57 Å². The van der Waals surface area contributed by atoms with Crippen molar-refractivity contribution in [1.29, 1.82) is 5.26 Å². The van der Waals surface area contributed by atoms with E-state index in [-0.39, 0.29) is 11.3 Å². The van der Waals surface area contributed by atoms with Gasteiger partial charge in [0, 0.05) is 6.54 Å². The quantitative estimate of drug-likeness (QED) is 0.246. The number of fused-ring (bicyclic) bond motifs is 1. The first-order valence-electron chi connectivity index (χ1n) is 8.94. The van der Waals surface area contributed by atoms with E-state index in [1.165, 1.54) is 28.7 Å². The van der Waals surface area contributed by atoms with Crippen molar-refractivity contribution in [2.24, 2.45) is 0 Å². The Morgan fingerprint density at radius 3 is 2.48 bits per heavy atom. The van der Waals surface area contributed by atoms with E-state index in [4.69, 9.17) is 22.5 Å². The van der Waals surface area contributed by atoms with Crippen LogP contribution >= 0.6 is 35.3 Å². The molecule has 0 fully saturated rings. The topological polar surface area (TPSA) is 63.6 Å². The van der Waals surface area contributed by atoms with Crippen LogP contribution in [0.1, 0.15) is 5.56 Å². The Labute approximate surface area is 180 Å². The maximum absolute atomic E-state index is 13.3. The summed E-state index contributed by atoms with van der Waals surface area (Å²) in [5.41, 5.74) is 2.36. The second-order valence-electron chi connectivity index (χ2n) is 6.23. The van der Waals surface area contributed by atoms with Gasteiger partial charge in [-0.3, -0.25) is 9.36 Å². The number of hydrogen-bond acceptors (Lipinski definition) is 6. The summed E-state index contributed by atoms with van der Waals surface area (Å²) in [6, 6.07) is 21.6. The number of hydrogen-bond donors (Lipinski definition) is 0. The molecule has 0 aliphatic rings. The third-order valence-electron chi connectivity index (χ3n) is 4.41. The van der Waals surface area contributed by atoms with Crippen molar-refractivity contribution in [3.63, 3.8) is 0 Å². The van der Waals surface area contributed by atoms with Crippen molar-refractivity contribution in [3.05, 3.63) is 80.5 Å². The van der Waals surface area contributed by atoms with Crippen molar-refractivity contribution in [2.45, 2.75) is 18.1 Å². The zero-order chi connectivity index (χ0) is 20.2. The second kappa shape index (κ2) is 8.74.